The number of ether oxygens (including phenoxy) is 2. The standard InChI is InChI=1S/C30H38N4O5/c1-38-24-11-9-23(10-12-24)13-16-31-27(35)21-34-19-6-15-30(22-34)14-4-5-20-39-26-8-3-2-7-25(26)28(36)32-17-18-33-29(30)37/h2-5,7-12H,6,13-22H2,1H3,(H,31,35)(H,32,36)(H,33,37)/b5-4-. The Bertz CT molecular complexity index is 1170. The Morgan fingerprint density at radius 1 is 1.08 bits per heavy atom. The third kappa shape index (κ3) is 7.83. The Morgan fingerprint density at radius 2 is 1.87 bits per heavy atom. The van der Waals surface area contributed by atoms with Gasteiger partial charge in [-0.05, 0) is 62.1 Å². The molecule has 1 unspecified atom stereocenters. The smallest absolute Gasteiger partial charge is 0.255 e. The second-order valence-corrected chi connectivity index (χ2v) is 10.0. The van der Waals surface area contributed by atoms with Crippen molar-refractivity contribution in [3.05, 3.63) is 71.8 Å². The van der Waals surface area contributed by atoms with Crippen LogP contribution in [0.15, 0.2) is 60.7 Å². The highest BCUT2D eigenvalue weighted by Gasteiger charge is 2.41. The van der Waals surface area contributed by atoms with Crippen molar-refractivity contribution in [2.45, 2.75) is 25.7 Å². The van der Waals surface area contributed by atoms with E-state index in [0.717, 1.165) is 37.1 Å². The summed E-state index contributed by atoms with van der Waals surface area (Å²) in [6.07, 6.45) is 6.70. The van der Waals surface area contributed by atoms with Gasteiger partial charge in [0.05, 0.1) is 24.6 Å². The molecule has 1 fully saturated rings. The molecule has 2 aromatic rings. The number of likely N-dealkylation sites (tertiary alicyclic amines) is 1. The molecule has 3 amide bonds. The molecule has 9 nitrogen and oxygen atoms in total. The number of nitrogens with one attached hydrogen (secondary N) is 3. The number of piperidine rings is 1. The van der Waals surface area contributed by atoms with Crippen LogP contribution in [0.1, 0.15) is 35.2 Å². The maximum absolute atomic E-state index is 13.4. The van der Waals surface area contributed by atoms with Gasteiger partial charge in [0.25, 0.3) is 5.91 Å². The van der Waals surface area contributed by atoms with E-state index >= 15 is 0 Å². The first-order valence-electron chi connectivity index (χ1n) is 13.5. The molecule has 4 rings (SSSR count). The maximum atomic E-state index is 13.4. The zero-order valence-corrected chi connectivity index (χ0v) is 22.5. The summed E-state index contributed by atoms with van der Waals surface area (Å²) in [6, 6.07) is 14.9. The SMILES string of the molecule is COc1ccc(CCNC(=O)CN2CCCC3(C/C=C\COc4ccccc4C(=O)NCCNC3=O)C2)cc1. The third-order valence-corrected chi connectivity index (χ3v) is 7.24. The van der Waals surface area contributed by atoms with E-state index in [-0.39, 0.29) is 24.3 Å². The summed E-state index contributed by atoms with van der Waals surface area (Å²) in [4.78, 5) is 40.8. The predicted molar refractivity (Wildman–Crippen MR) is 149 cm³/mol. The summed E-state index contributed by atoms with van der Waals surface area (Å²) < 4.78 is 11.0. The van der Waals surface area contributed by atoms with E-state index in [9.17, 15) is 14.4 Å². The number of benzene rings is 2. The molecule has 3 N–H and O–H groups in total. The van der Waals surface area contributed by atoms with Gasteiger partial charge in [-0.2, -0.15) is 0 Å². The number of hydrogen-bond acceptors (Lipinski definition) is 6. The Hall–Kier alpha value is -3.85. The molecule has 1 spiro atoms. The number of fused-ring (bicyclic) bond motifs is 1. The van der Waals surface area contributed by atoms with Crippen LogP contribution in [0, 0.1) is 5.41 Å². The normalized spacial score (nSPS) is 21.5. The van der Waals surface area contributed by atoms with Gasteiger partial charge in [0.15, 0.2) is 0 Å². The average Bonchev–Trinajstić information content (AvgIpc) is 2.95. The zero-order valence-electron chi connectivity index (χ0n) is 22.5. The highest BCUT2D eigenvalue weighted by Crippen LogP contribution is 2.34. The first kappa shape index (κ1) is 28.2. The van der Waals surface area contributed by atoms with Crippen LogP contribution in [0.5, 0.6) is 11.5 Å². The Labute approximate surface area is 229 Å². The van der Waals surface area contributed by atoms with E-state index < -0.39 is 5.41 Å². The van der Waals surface area contributed by atoms with Crippen LogP contribution in [-0.4, -0.2) is 75.6 Å². The van der Waals surface area contributed by atoms with Gasteiger partial charge in [-0.15, -0.1) is 0 Å². The molecule has 0 radical (unpaired) electrons. The van der Waals surface area contributed by atoms with E-state index in [0.29, 0.717) is 50.5 Å². The molecule has 1 saturated heterocycles. The molecule has 2 aliphatic heterocycles. The van der Waals surface area contributed by atoms with Gasteiger partial charge in [-0.3, -0.25) is 19.3 Å². The fourth-order valence-corrected chi connectivity index (χ4v) is 5.13. The van der Waals surface area contributed by atoms with Crippen molar-refractivity contribution in [2.75, 3.05) is 53.0 Å². The predicted octanol–water partition coefficient (Wildman–Crippen LogP) is 2.32. The second-order valence-electron chi connectivity index (χ2n) is 10.0. The highest BCUT2D eigenvalue weighted by molar-refractivity contribution is 5.97. The van der Waals surface area contributed by atoms with E-state index in [2.05, 4.69) is 20.9 Å². The number of amides is 3. The van der Waals surface area contributed by atoms with Gasteiger partial charge in [0, 0.05) is 26.2 Å². The summed E-state index contributed by atoms with van der Waals surface area (Å²) >= 11 is 0. The fraction of sp³-hybridized carbons (Fsp3) is 0.433. The van der Waals surface area contributed by atoms with Crippen molar-refractivity contribution < 1.29 is 23.9 Å². The van der Waals surface area contributed by atoms with Gasteiger partial charge >= 0.3 is 0 Å². The minimum absolute atomic E-state index is 0.0489. The number of methoxy groups -OCH3 is 1. The van der Waals surface area contributed by atoms with Crippen LogP contribution in [0.25, 0.3) is 0 Å². The molecule has 2 heterocycles. The minimum atomic E-state index is -0.649. The van der Waals surface area contributed by atoms with Gasteiger partial charge in [-0.1, -0.05) is 36.4 Å². The van der Waals surface area contributed by atoms with Crippen molar-refractivity contribution in [1.29, 1.82) is 0 Å². The lowest BCUT2D eigenvalue weighted by atomic mass is 9.76. The van der Waals surface area contributed by atoms with Crippen LogP contribution in [0.4, 0.5) is 0 Å². The summed E-state index contributed by atoms with van der Waals surface area (Å²) in [6.45, 7) is 2.98. The summed E-state index contributed by atoms with van der Waals surface area (Å²) in [5.41, 5.74) is 0.945. The van der Waals surface area contributed by atoms with Crippen molar-refractivity contribution in [1.82, 2.24) is 20.9 Å². The van der Waals surface area contributed by atoms with Crippen molar-refractivity contribution >= 4 is 17.7 Å². The van der Waals surface area contributed by atoms with Crippen LogP contribution in [-0.2, 0) is 16.0 Å². The summed E-state index contributed by atoms with van der Waals surface area (Å²) in [7, 11) is 1.64. The molecule has 9 heteroatoms. The Balaban J connectivity index is 1.34. The second kappa shape index (κ2) is 13.8. The summed E-state index contributed by atoms with van der Waals surface area (Å²) in [5.74, 6) is 0.993. The van der Waals surface area contributed by atoms with Crippen molar-refractivity contribution in [2.24, 2.45) is 5.41 Å². The Morgan fingerprint density at radius 3 is 2.69 bits per heavy atom. The molecule has 0 saturated carbocycles. The van der Waals surface area contributed by atoms with E-state index in [4.69, 9.17) is 9.47 Å². The van der Waals surface area contributed by atoms with Crippen LogP contribution >= 0.6 is 0 Å². The van der Waals surface area contributed by atoms with Gasteiger partial charge < -0.3 is 25.4 Å². The lowest BCUT2D eigenvalue weighted by Crippen LogP contribution is -2.54. The molecule has 39 heavy (non-hydrogen) atoms. The molecule has 0 bridgehead atoms. The van der Waals surface area contributed by atoms with Crippen LogP contribution in [0.2, 0.25) is 0 Å². The van der Waals surface area contributed by atoms with Crippen molar-refractivity contribution in [3.8, 4) is 11.5 Å². The molecule has 0 aromatic heterocycles. The zero-order chi connectivity index (χ0) is 27.5. The Kier molecular flexibility index (Phi) is 9.97. The van der Waals surface area contributed by atoms with E-state index in [1.807, 2.05) is 42.5 Å². The topological polar surface area (TPSA) is 109 Å². The largest absolute Gasteiger partial charge is 0.497 e. The lowest BCUT2D eigenvalue weighted by Gasteiger charge is -2.41. The van der Waals surface area contributed by atoms with Crippen LogP contribution in [0.3, 0.4) is 0 Å². The number of carbonyl (C=O) groups excluding carboxylic acids is 3. The number of hydrogen-bond donors (Lipinski definition) is 3. The maximum Gasteiger partial charge on any atom is 0.255 e. The lowest BCUT2D eigenvalue weighted by molar-refractivity contribution is -0.136. The monoisotopic (exact) mass is 534 g/mol. The number of allylic oxidation sites excluding steroid dienone is 1. The average molecular weight is 535 g/mol. The molecule has 1 atom stereocenters. The molecule has 208 valence electrons. The summed E-state index contributed by atoms with van der Waals surface area (Å²) in [5, 5.41) is 8.88. The van der Waals surface area contributed by atoms with E-state index in [1.54, 1.807) is 25.3 Å². The van der Waals surface area contributed by atoms with E-state index in [1.165, 1.54) is 0 Å². The first-order valence-corrected chi connectivity index (χ1v) is 13.5. The van der Waals surface area contributed by atoms with Gasteiger partial charge in [0.2, 0.25) is 11.8 Å². The minimum Gasteiger partial charge on any atom is -0.497 e. The number of carbonyl (C=O) groups is 3. The molecular formula is C30H38N4O5. The molecule has 2 aromatic carbocycles. The highest BCUT2D eigenvalue weighted by atomic mass is 16.5. The number of rotatable bonds is 6. The van der Waals surface area contributed by atoms with Gasteiger partial charge in [-0.25, -0.2) is 0 Å². The number of nitrogens with zero attached hydrogens (tertiary/aromatic N) is 1. The first-order chi connectivity index (χ1) is 19.0. The third-order valence-electron chi connectivity index (χ3n) is 7.24. The van der Waals surface area contributed by atoms with Crippen LogP contribution < -0.4 is 25.4 Å². The molecule has 0 aliphatic carbocycles. The fourth-order valence-electron chi connectivity index (χ4n) is 5.13. The molecular weight excluding hydrogens is 496 g/mol. The van der Waals surface area contributed by atoms with Crippen molar-refractivity contribution in [3.63, 3.8) is 0 Å². The van der Waals surface area contributed by atoms with Gasteiger partial charge in [0.1, 0.15) is 18.1 Å². The quantitative estimate of drug-likeness (QED) is 0.491. The number of para-hydroxylation sites is 1. The molecule has 2 aliphatic rings.